The Hall–Kier alpha value is -3.59. The molecule has 1 heterocycles. The van der Waals surface area contributed by atoms with Crippen molar-refractivity contribution in [1.29, 1.82) is 0 Å². The molecule has 3 N–H and O–H groups in total. The number of carbonyl (C=O) groups excluding carboxylic acids is 1. The van der Waals surface area contributed by atoms with Gasteiger partial charge in [-0.25, -0.2) is 4.79 Å². The van der Waals surface area contributed by atoms with Gasteiger partial charge in [0, 0.05) is 24.2 Å². The van der Waals surface area contributed by atoms with Crippen molar-refractivity contribution in [2.75, 3.05) is 45.7 Å². The number of esters is 1. The van der Waals surface area contributed by atoms with Gasteiger partial charge in [-0.3, -0.25) is 0 Å². The molecule has 3 aromatic carbocycles. The Kier molecular flexibility index (Phi) is 9.45. The minimum Gasteiger partial charge on any atom is -0.492 e. The smallest absolute Gasteiger partial charge is 0.330 e. The Balaban J connectivity index is 1.38. The third kappa shape index (κ3) is 8.20. The number of aliphatic hydroxyl groups is 1. The van der Waals surface area contributed by atoms with E-state index >= 15 is 0 Å². The van der Waals surface area contributed by atoms with Gasteiger partial charge in [-0.05, 0) is 69.8 Å². The standard InChI is InChI=1S/C31H39N3O5/c1-31(2,18-22-10-12-24(13-11-22)37-17-16-34(3)4)33-19-26(35)25-14-15-27(29-30(25)39-28(36)20-32-29)38-21-23-8-6-5-7-9-23/h5-15,26,32-33,35H,16-21H2,1-4H3. The fraction of sp³-hybridized carbons (Fsp3) is 0.387. The van der Waals surface area contributed by atoms with E-state index in [2.05, 4.69) is 41.5 Å². The Morgan fingerprint density at radius 3 is 2.49 bits per heavy atom. The highest BCUT2D eigenvalue weighted by molar-refractivity contribution is 5.86. The molecule has 0 bridgehead atoms. The van der Waals surface area contributed by atoms with Gasteiger partial charge in [0.2, 0.25) is 0 Å². The first-order valence-corrected chi connectivity index (χ1v) is 13.3. The lowest BCUT2D eigenvalue weighted by Crippen LogP contribution is -2.43. The molecule has 39 heavy (non-hydrogen) atoms. The van der Waals surface area contributed by atoms with E-state index in [1.807, 2.05) is 56.6 Å². The van der Waals surface area contributed by atoms with Crippen molar-refractivity contribution >= 4 is 11.7 Å². The molecule has 4 rings (SSSR count). The van der Waals surface area contributed by atoms with Gasteiger partial charge in [0.05, 0.1) is 6.10 Å². The van der Waals surface area contributed by atoms with Crippen LogP contribution in [0.5, 0.6) is 17.2 Å². The number of likely N-dealkylation sites (N-methyl/N-ethyl adjacent to an activating group) is 1. The lowest BCUT2D eigenvalue weighted by atomic mass is 9.94. The minimum absolute atomic E-state index is 0.0407. The fourth-order valence-electron chi connectivity index (χ4n) is 4.39. The van der Waals surface area contributed by atoms with Crippen molar-refractivity contribution in [1.82, 2.24) is 10.2 Å². The fourth-order valence-corrected chi connectivity index (χ4v) is 4.39. The van der Waals surface area contributed by atoms with Crippen LogP contribution < -0.4 is 24.8 Å². The van der Waals surface area contributed by atoms with Gasteiger partial charge >= 0.3 is 5.97 Å². The second kappa shape index (κ2) is 13.0. The van der Waals surface area contributed by atoms with Crippen molar-refractivity contribution in [3.8, 4) is 17.2 Å². The third-order valence-corrected chi connectivity index (χ3v) is 6.52. The molecule has 1 aliphatic rings. The summed E-state index contributed by atoms with van der Waals surface area (Å²) < 4.78 is 17.4. The van der Waals surface area contributed by atoms with Crippen molar-refractivity contribution in [3.63, 3.8) is 0 Å². The number of hydrogen-bond acceptors (Lipinski definition) is 8. The van der Waals surface area contributed by atoms with E-state index < -0.39 is 12.1 Å². The van der Waals surface area contributed by atoms with E-state index in [1.54, 1.807) is 12.1 Å². The topological polar surface area (TPSA) is 92.3 Å². The lowest BCUT2D eigenvalue weighted by Gasteiger charge is -2.29. The van der Waals surface area contributed by atoms with Crippen LogP contribution in [-0.2, 0) is 17.8 Å². The van der Waals surface area contributed by atoms with Gasteiger partial charge in [0.15, 0.2) is 5.75 Å². The van der Waals surface area contributed by atoms with Gasteiger partial charge in [-0.1, -0.05) is 42.5 Å². The molecule has 0 fully saturated rings. The maximum atomic E-state index is 12.1. The highest BCUT2D eigenvalue weighted by Crippen LogP contribution is 2.42. The second-order valence-corrected chi connectivity index (χ2v) is 10.7. The summed E-state index contributed by atoms with van der Waals surface area (Å²) in [6, 6.07) is 21.5. The summed E-state index contributed by atoms with van der Waals surface area (Å²) in [5.74, 6) is 1.33. The maximum absolute atomic E-state index is 12.1. The molecular formula is C31H39N3O5. The van der Waals surface area contributed by atoms with Gasteiger partial charge in [-0.15, -0.1) is 0 Å². The summed E-state index contributed by atoms with van der Waals surface area (Å²) in [6.07, 6.45) is -0.125. The van der Waals surface area contributed by atoms with E-state index in [4.69, 9.17) is 14.2 Å². The Morgan fingerprint density at radius 1 is 1.03 bits per heavy atom. The van der Waals surface area contributed by atoms with E-state index in [1.165, 1.54) is 0 Å². The van der Waals surface area contributed by atoms with E-state index in [-0.39, 0.29) is 18.6 Å². The highest BCUT2D eigenvalue weighted by Gasteiger charge is 2.28. The van der Waals surface area contributed by atoms with E-state index in [0.717, 1.165) is 29.8 Å². The first-order valence-electron chi connectivity index (χ1n) is 13.3. The summed E-state index contributed by atoms with van der Waals surface area (Å²) in [6.45, 7) is 6.40. The number of anilines is 1. The van der Waals surface area contributed by atoms with Gasteiger partial charge in [-0.2, -0.15) is 0 Å². The van der Waals surface area contributed by atoms with Crippen molar-refractivity contribution < 1.29 is 24.1 Å². The zero-order chi connectivity index (χ0) is 27.8. The largest absolute Gasteiger partial charge is 0.492 e. The normalized spacial score (nSPS) is 13.8. The van der Waals surface area contributed by atoms with Crippen molar-refractivity contribution in [3.05, 3.63) is 83.4 Å². The number of aliphatic hydroxyl groups excluding tert-OH is 1. The molecular weight excluding hydrogens is 494 g/mol. The van der Waals surface area contributed by atoms with Gasteiger partial charge < -0.3 is 34.9 Å². The lowest BCUT2D eigenvalue weighted by molar-refractivity contribution is -0.132. The first-order chi connectivity index (χ1) is 18.7. The molecule has 0 aliphatic carbocycles. The number of carbonyl (C=O) groups is 1. The van der Waals surface area contributed by atoms with E-state index in [0.29, 0.717) is 36.0 Å². The number of β-amino-alcohol motifs (C(OH)–C–C–N with tert-alkyl or cyclic N) is 1. The molecule has 0 saturated heterocycles. The molecule has 208 valence electrons. The number of ether oxygens (including phenoxy) is 3. The van der Waals surface area contributed by atoms with Crippen LogP contribution in [0.25, 0.3) is 0 Å². The second-order valence-electron chi connectivity index (χ2n) is 10.7. The molecule has 1 atom stereocenters. The summed E-state index contributed by atoms with van der Waals surface area (Å²) in [7, 11) is 4.04. The highest BCUT2D eigenvalue weighted by atomic mass is 16.5. The Bertz CT molecular complexity index is 1230. The summed E-state index contributed by atoms with van der Waals surface area (Å²) in [4.78, 5) is 14.2. The average molecular weight is 534 g/mol. The van der Waals surface area contributed by atoms with Gasteiger partial charge in [0.1, 0.15) is 36.9 Å². The van der Waals surface area contributed by atoms with Crippen LogP contribution in [0, 0.1) is 0 Å². The molecule has 0 aromatic heterocycles. The zero-order valence-corrected chi connectivity index (χ0v) is 23.2. The van der Waals surface area contributed by atoms with Crippen LogP contribution in [0.4, 0.5) is 5.69 Å². The number of benzene rings is 3. The first kappa shape index (κ1) is 28.4. The Morgan fingerprint density at radius 2 is 1.77 bits per heavy atom. The predicted octanol–water partition coefficient (Wildman–Crippen LogP) is 4.18. The van der Waals surface area contributed by atoms with Crippen molar-refractivity contribution in [2.45, 2.75) is 38.5 Å². The summed E-state index contributed by atoms with van der Waals surface area (Å²) in [5.41, 5.74) is 3.01. The predicted molar refractivity (Wildman–Crippen MR) is 153 cm³/mol. The molecule has 0 saturated carbocycles. The quantitative estimate of drug-likeness (QED) is 0.223. The van der Waals surface area contributed by atoms with Crippen LogP contribution in [0.2, 0.25) is 0 Å². The monoisotopic (exact) mass is 533 g/mol. The molecule has 1 aliphatic heterocycles. The van der Waals surface area contributed by atoms with Crippen LogP contribution in [-0.4, -0.2) is 61.9 Å². The van der Waals surface area contributed by atoms with Crippen LogP contribution in [0.1, 0.15) is 36.6 Å². The molecule has 8 heteroatoms. The SMILES string of the molecule is CN(C)CCOc1ccc(CC(C)(C)NCC(O)c2ccc(OCc3ccccc3)c3c2OC(=O)CN3)cc1. The molecule has 3 aromatic rings. The number of fused-ring (bicyclic) bond motifs is 1. The Labute approximate surface area is 230 Å². The van der Waals surface area contributed by atoms with E-state index in [9.17, 15) is 9.90 Å². The van der Waals surface area contributed by atoms with Crippen molar-refractivity contribution in [2.24, 2.45) is 0 Å². The molecule has 0 amide bonds. The zero-order valence-electron chi connectivity index (χ0n) is 23.2. The number of nitrogens with one attached hydrogen (secondary N) is 2. The van der Waals surface area contributed by atoms with Crippen LogP contribution >= 0.6 is 0 Å². The van der Waals surface area contributed by atoms with Gasteiger partial charge in [0.25, 0.3) is 0 Å². The molecule has 1 unspecified atom stereocenters. The summed E-state index contributed by atoms with van der Waals surface area (Å²) in [5, 5.41) is 17.7. The summed E-state index contributed by atoms with van der Waals surface area (Å²) >= 11 is 0. The average Bonchev–Trinajstić information content (AvgIpc) is 2.91. The number of hydrogen-bond donors (Lipinski definition) is 3. The number of rotatable bonds is 13. The third-order valence-electron chi connectivity index (χ3n) is 6.52. The molecule has 0 radical (unpaired) electrons. The van der Waals surface area contributed by atoms with Crippen LogP contribution in [0.3, 0.4) is 0 Å². The maximum Gasteiger partial charge on any atom is 0.330 e. The van der Waals surface area contributed by atoms with Crippen LogP contribution in [0.15, 0.2) is 66.7 Å². The minimum atomic E-state index is -0.888. The molecule has 8 nitrogen and oxygen atoms in total. The molecule has 0 spiro atoms. The number of nitrogens with zero attached hydrogens (tertiary/aromatic N) is 1.